The Morgan fingerprint density at radius 2 is 1.41 bits per heavy atom. The van der Waals surface area contributed by atoms with Gasteiger partial charge in [0.1, 0.15) is 0 Å². The maximum Gasteiger partial charge on any atom is 0.381 e. The molecule has 0 aromatic carbocycles. The minimum atomic E-state index is -0.712. The summed E-state index contributed by atoms with van der Waals surface area (Å²) >= 11 is 0. The molecule has 4 heteroatoms. The lowest BCUT2D eigenvalue weighted by atomic mass is 9.49. The monoisotopic (exact) mass is 304 g/mol. The molecule has 4 nitrogen and oxygen atoms in total. The zero-order valence-electron chi connectivity index (χ0n) is 13.4. The lowest BCUT2D eigenvalue weighted by Crippen LogP contribution is -2.45. The highest BCUT2D eigenvalue weighted by atomic mass is 17.2. The van der Waals surface area contributed by atoms with Gasteiger partial charge in [0.2, 0.25) is 0 Å². The molecule has 4 aliphatic rings. The van der Waals surface area contributed by atoms with Crippen LogP contribution in [0.15, 0.2) is 23.8 Å². The summed E-state index contributed by atoms with van der Waals surface area (Å²) in [5.74, 6) is 1.19. The molecule has 22 heavy (non-hydrogen) atoms. The maximum atomic E-state index is 12.0. The number of hydrogen-bond acceptors (Lipinski definition) is 4. The van der Waals surface area contributed by atoms with E-state index >= 15 is 0 Å². The van der Waals surface area contributed by atoms with Gasteiger partial charge in [0.05, 0.1) is 0 Å². The first-order chi connectivity index (χ1) is 10.4. The van der Waals surface area contributed by atoms with Crippen LogP contribution < -0.4 is 0 Å². The SMILES string of the molecule is C=C(C)C(=O)OOC(=O)/C(C)=C/C12CC3CC(CC(C3)C1)C2. The Hall–Kier alpha value is -1.58. The van der Waals surface area contributed by atoms with E-state index in [9.17, 15) is 9.59 Å². The molecule has 0 atom stereocenters. The molecule has 0 spiro atoms. The highest BCUT2D eigenvalue weighted by Crippen LogP contribution is 2.60. The first-order valence-electron chi connectivity index (χ1n) is 8.15. The molecule has 0 unspecified atom stereocenters. The Morgan fingerprint density at radius 1 is 0.955 bits per heavy atom. The van der Waals surface area contributed by atoms with Gasteiger partial charge < -0.3 is 0 Å². The van der Waals surface area contributed by atoms with Gasteiger partial charge in [-0.25, -0.2) is 19.4 Å². The van der Waals surface area contributed by atoms with Gasteiger partial charge in [0.25, 0.3) is 0 Å². The summed E-state index contributed by atoms with van der Waals surface area (Å²) in [5, 5.41) is 0. The van der Waals surface area contributed by atoms with Crippen LogP contribution in [0.4, 0.5) is 0 Å². The van der Waals surface area contributed by atoms with E-state index in [0.717, 1.165) is 17.8 Å². The predicted octanol–water partition coefficient (Wildman–Crippen LogP) is 3.73. The lowest BCUT2D eigenvalue weighted by Gasteiger charge is -2.56. The summed E-state index contributed by atoms with van der Waals surface area (Å²) in [5.41, 5.74) is 0.905. The van der Waals surface area contributed by atoms with E-state index in [2.05, 4.69) is 22.4 Å². The van der Waals surface area contributed by atoms with Crippen molar-refractivity contribution in [3.05, 3.63) is 23.8 Å². The first kappa shape index (κ1) is 15.3. The van der Waals surface area contributed by atoms with Crippen LogP contribution in [0.5, 0.6) is 0 Å². The van der Waals surface area contributed by atoms with E-state index in [1.165, 1.54) is 45.4 Å². The molecule has 0 amide bonds. The number of carbonyl (C=O) groups is 2. The van der Waals surface area contributed by atoms with Crippen molar-refractivity contribution in [2.45, 2.75) is 52.4 Å². The average Bonchev–Trinajstić information content (AvgIpc) is 2.42. The van der Waals surface area contributed by atoms with Crippen molar-refractivity contribution in [1.29, 1.82) is 0 Å². The highest BCUT2D eigenvalue weighted by molar-refractivity contribution is 5.90. The Labute approximate surface area is 131 Å². The van der Waals surface area contributed by atoms with E-state index in [0.29, 0.717) is 5.57 Å². The van der Waals surface area contributed by atoms with Gasteiger partial charge in [-0.1, -0.05) is 12.7 Å². The minimum absolute atomic E-state index is 0.163. The van der Waals surface area contributed by atoms with E-state index in [-0.39, 0.29) is 11.0 Å². The van der Waals surface area contributed by atoms with Crippen molar-refractivity contribution in [3.8, 4) is 0 Å². The summed E-state index contributed by atoms with van der Waals surface area (Å²) < 4.78 is 0. The van der Waals surface area contributed by atoms with Gasteiger partial charge in [0.15, 0.2) is 0 Å². The molecule has 0 N–H and O–H groups in total. The van der Waals surface area contributed by atoms with Crippen LogP contribution in [0.2, 0.25) is 0 Å². The van der Waals surface area contributed by atoms with Crippen LogP contribution in [-0.2, 0) is 19.4 Å². The van der Waals surface area contributed by atoms with Crippen LogP contribution >= 0.6 is 0 Å². The topological polar surface area (TPSA) is 52.6 Å². The fourth-order valence-corrected chi connectivity index (χ4v) is 5.09. The van der Waals surface area contributed by atoms with Crippen LogP contribution in [0.3, 0.4) is 0 Å². The Morgan fingerprint density at radius 3 is 1.86 bits per heavy atom. The molecular weight excluding hydrogens is 280 g/mol. The van der Waals surface area contributed by atoms with E-state index in [4.69, 9.17) is 0 Å². The Bertz CT molecular complexity index is 508. The van der Waals surface area contributed by atoms with E-state index in [1.807, 2.05) is 0 Å². The second kappa shape index (κ2) is 5.56. The van der Waals surface area contributed by atoms with Crippen molar-refractivity contribution in [3.63, 3.8) is 0 Å². The predicted molar refractivity (Wildman–Crippen MR) is 81.4 cm³/mol. The van der Waals surface area contributed by atoms with Crippen LogP contribution in [0.25, 0.3) is 0 Å². The molecule has 0 aromatic rings. The standard InChI is InChI=1S/C18H24O4/c1-11(2)16(19)21-22-17(20)12(3)7-18-8-13-4-14(9-18)6-15(5-13)10-18/h7,13-15H,1,4-6,8-10H2,2-3H3/b12-7+. The highest BCUT2D eigenvalue weighted by Gasteiger charge is 2.49. The molecular formula is C18H24O4. The fraction of sp³-hybridized carbons (Fsp3) is 0.667. The molecule has 4 saturated carbocycles. The van der Waals surface area contributed by atoms with Crippen molar-refractivity contribution in [2.24, 2.45) is 23.2 Å². The summed E-state index contributed by atoms with van der Waals surface area (Å²) in [7, 11) is 0. The van der Waals surface area contributed by atoms with Gasteiger partial charge in [-0.2, -0.15) is 0 Å². The third-order valence-electron chi connectivity index (χ3n) is 5.47. The minimum Gasteiger partial charge on any atom is -0.242 e. The molecule has 0 aromatic heterocycles. The average molecular weight is 304 g/mol. The Kier molecular flexibility index (Phi) is 3.87. The number of allylic oxidation sites excluding steroid dienone is 1. The maximum absolute atomic E-state index is 12.0. The largest absolute Gasteiger partial charge is 0.381 e. The molecule has 120 valence electrons. The van der Waals surface area contributed by atoms with E-state index in [1.54, 1.807) is 6.92 Å². The lowest BCUT2D eigenvalue weighted by molar-refractivity contribution is -0.252. The summed E-state index contributed by atoms with van der Waals surface area (Å²) in [6.07, 6.45) is 9.76. The molecule has 4 fully saturated rings. The molecule has 4 bridgehead atoms. The van der Waals surface area contributed by atoms with Gasteiger partial charge in [0, 0.05) is 11.1 Å². The zero-order chi connectivity index (χ0) is 15.9. The van der Waals surface area contributed by atoms with Crippen LogP contribution in [-0.4, -0.2) is 11.9 Å². The quantitative estimate of drug-likeness (QED) is 0.453. The number of hydrogen-bond donors (Lipinski definition) is 0. The third kappa shape index (κ3) is 2.96. The smallest absolute Gasteiger partial charge is 0.242 e. The fourth-order valence-electron chi connectivity index (χ4n) is 5.09. The molecule has 0 aliphatic heterocycles. The number of rotatable bonds is 3. The van der Waals surface area contributed by atoms with E-state index < -0.39 is 11.9 Å². The molecule has 4 aliphatic carbocycles. The normalized spacial score (nSPS) is 36.1. The van der Waals surface area contributed by atoms with Gasteiger partial charge >= 0.3 is 11.9 Å². The second-order valence-corrected chi connectivity index (χ2v) is 7.63. The van der Waals surface area contributed by atoms with Crippen LogP contribution in [0.1, 0.15) is 52.4 Å². The van der Waals surface area contributed by atoms with Crippen molar-refractivity contribution in [2.75, 3.05) is 0 Å². The summed E-state index contributed by atoms with van der Waals surface area (Å²) in [6, 6.07) is 0. The molecule has 0 radical (unpaired) electrons. The summed E-state index contributed by atoms with van der Waals surface area (Å²) in [6.45, 7) is 6.70. The first-order valence-corrected chi connectivity index (χ1v) is 8.15. The third-order valence-corrected chi connectivity index (χ3v) is 5.47. The Balaban J connectivity index is 1.65. The molecule has 0 heterocycles. The molecule has 4 rings (SSSR count). The molecule has 0 saturated heterocycles. The van der Waals surface area contributed by atoms with Crippen molar-refractivity contribution in [1.82, 2.24) is 0 Å². The van der Waals surface area contributed by atoms with Gasteiger partial charge in [-0.15, -0.1) is 0 Å². The number of carbonyl (C=O) groups excluding carboxylic acids is 2. The second-order valence-electron chi connectivity index (χ2n) is 7.63. The zero-order valence-corrected chi connectivity index (χ0v) is 13.4. The van der Waals surface area contributed by atoms with Gasteiger partial charge in [-0.05, 0) is 75.5 Å². The van der Waals surface area contributed by atoms with Gasteiger partial charge in [-0.3, -0.25) is 0 Å². The van der Waals surface area contributed by atoms with Crippen molar-refractivity contribution < 1.29 is 19.4 Å². The van der Waals surface area contributed by atoms with Crippen molar-refractivity contribution >= 4 is 11.9 Å². The van der Waals surface area contributed by atoms with Crippen LogP contribution in [0, 0.1) is 23.2 Å². The summed E-state index contributed by atoms with van der Waals surface area (Å²) in [4.78, 5) is 32.4.